The van der Waals surface area contributed by atoms with Crippen molar-refractivity contribution in [2.24, 2.45) is 4.99 Å². The Kier molecular flexibility index (Phi) is 6.67. The summed E-state index contributed by atoms with van der Waals surface area (Å²) in [6, 6.07) is 8.98. The second-order valence-corrected chi connectivity index (χ2v) is 9.73. The number of likely N-dealkylation sites (N-methyl/N-ethyl adjacent to an activating group) is 1. The van der Waals surface area contributed by atoms with Gasteiger partial charge in [-0.2, -0.15) is 0 Å². The zero-order valence-corrected chi connectivity index (χ0v) is 21.0. The van der Waals surface area contributed by atoms with Gasteiger partial charge in [0, 0.05) is 23.5 Å². The lowest BCUT2D eigenvalue weighted by atomic mass is 9.94. The molecule has 6 nitrogen and oxygen atoms in total. The molecular weight excluding hydrogens is 454 g/mol. The number of thiazole rings is 1. The van der Waals surface area contributed by atoms with Gasteiger partial charge in [-0.3, -0.25) is 14.2 Å². The lowest BCUT2D eigenvalue weighted by molar-refractivity contribution is -0.127. The second-order valence-electron chi connectivity index (χ2n) is 7.77. The molecular formula is C25H27N3O3S2. The lowest BCUT2D eigenvalue weighted by Gasteiger charge is -2.29. The summed E-state index contributed by atoms with van der Waals surface area (Å²) in [6.45, 7) is 8.93. The molecule has 0 bridgehead atoms. The molecule has 8 heteroatoms. The van der Waals surface area contributed by atoms with E-state index in [1.807, 2.05) is 69.5 Å². The summed E-state index contributed by atoms with van der Waals surface area (Å²) in [6.07, 6.45) is 1.92. The first-order chi connectivity index (χ1) is 15.9. The first kappa shape index (κ1) is 23.2. The van der Waals surface area contributed by atoms with Crippen LogP contribution in [0.2, 0.25) is 0 Å². The van der Waals surface area contributed by atoms with Crippen LogP contribution in [-0.2, 0) is 4.79 Å². The summed E-state index contributed by atoms with van der Waals surface area (Å²) in [5.74, 6) is 0.520. The summed E-state index contributed by atoms with van der Waals surface area (Å²) in [5, 5.41) is 2.01. The van der Waals surface area contributed by atoms with Crippen molar-refractivity contribution in [3.05, 3.63) is 82.7 Å². The molecule has 3 aromatic rings. The zero-order chi connectivity index (χ0) is 23.7. The van der Waals surface area contributed by atoms with E-state index in [1.165, 1.54) is 11.3 Å². The van der Waals surface area contributed by atoms with Crippen molar-refractivity contribution in [2.75, 3.05) is 20.2 Å². The monoisotopic (exact) mass is 481 g/mol. The summed E-state index contributed by atoms with van der Waals surface area (Å²) in [5.41, 5.74) is 2.88. The van der Waals surface area contributed by atoms with Crippen molar-refractivity contribution in [3.63, 3.8) is 0 Å². The highest BCUT2D eigenvalue weighted by atomic mass is 32.1. The van der Waals surface area contributed by atoms with Crippen LogP contribution in [-0.4, -0.2) is 35.6 Å². The molecule has 0 aliphatic carbocycles. The topological polar surface area (TPSA) is 63.9 Å². The third-order valence-corrected chi connectivity index (χ3v) is 7.85. The number of rotatable bonds is 6. The van der Waals surface area contributed by atoms with Crippen molar-refractivity contribution < 1.29 is 9.53 Å². The van der Waals surface area contributed by atoms with E-state index in [9.17, 15) is 9.59 Å². The molecule has 1 amide bonds. The van der Waals surface area contributed by atoms with Crippen molar-refractivity contribution >= 4 is 34.7 Å². The average Bonchev–Trinajstić information content (AvgIpc) is 3.36. The molecule has 0 saturated carbocycles. The van der Waals surface area contributed by atoms with Crippen LogP contribution in [0.25, 0.3) is 6.08 Å². The first-order valence-corrected chi connectivity index (χ1v) is 12.6. The highest BCUT2D eigenvalue weighted by Gasteiger charge is 2.35. The summed E-state index contributed by atoms with van der Waals surface area (Å²) in [4.78, 5) is 35.5. The van der Waals surface area contributed by atoms with Gasteiger partial charge in [-0.25, -0.2) is 4.99 Å². The van der Waals surface area contributed by atoms with E-state index in [1.54, 1.807) is 27.9 Å². The van der Waals surface area contributed by atoms with E-state index < -0.39 is 6.04 Å². The summed E-state index contributed by atoms with van der Waals surface area (Å²) < 4.78 is 7.90. The molecule has 1 atom stereocenters. The maximum absolute atomic E-state index is 13.7. The van der Waals surface area contributed by atoms with Crippen LogP contribution < -0.4 is 19.6 Å². The van der Waals surface area contributed by atoms with Gasteiger partial charge in [0.1, 0.15) is 11.8 Å². The Balaban J connectivity index is 2.01. The molecule has 0 unspecified atom stereocenters. The fourth-order valence-corrected chi connectivity index (χ4v) is 6.08. The summed E-state index contributed by atoms with van der Waals surface area (Å²) >= 11 is 2.95. The van der Waals surface area contributed by atoms with E-state index in [4.69, 9.17) is 9.73 Å². The zero-order valence-electron chi connectivity index (χ0n) is 19.4. The van der Waals surface area contributed by atoms with Gasteiger partial charge in [0.05, 0.1) is 22.9 Å². The smallest absolute Gasteiger partial charge is 0.271 e. The number of fused-ring (bicyclic) bond motifs is 1. The Labute approximate surface area is 200 Å². The van der Waals surface area contributed by atoms with Crippen molar-refractivity contribution in [1.82, 2.24) is 9.47 Å². The third kappa shape index (κ3) is 4.09. The molecule has 0 radical (unpaired) electrons. The molecule has 4 rings (SSSR count). The Bertz CT molecular complexity index is 1410. The largest absolute Gasteiger partial charge is 0.496 e. The standard InChI is InChI=1S/C25H27N3O3S2/c1-6-27(7-2)24(30)21-16(4)26-25-28(22(21)17-10-8-9-11-18(17)31-5)23(29)20(33-25)14-19-15(3)12-13-32-19/h8-14,22H,6-7H2,1-5H3/b20-14+/t22-/m0/s1. The number of aromatic nitrogens is 1. The third-order valence-electron chi connectivity index (χ3n) is 5.90. The van der Waals surface area contributed by atoms with Gasteiger partial charge in [0.15, 0.2) is 4.80 Å². The maximum atomic E-state index is 13.7. The number of methoxy groups -OCH3 is 1. The number of allylic oxidation sites excluding steroid dienone is 1. The minimum atomic E-state index is -0.614. The Morgan fingerprint density at radius 3 is 2.58 bits per heavy atom. The minimum Gasteiger partial charge on any atom is -0.496 e. The van der Waals surface area contributed by atoms with Crippen LogP contribution in [0.15, 0.2) is 56.8 Å². The number of aryl methyl sites for hydroxylation is 1. The van der Waals surface area contributed by atoms with E-state index >= 15 is 0 Å². The second kappa shape index (κ2) is 9.49. The van der Waals surface area contributed by atoms with Crippen LogP contribution in [0.1, 0.15) is 42.8 Å². The molecule has 33 heavy (non-hydrogen) atoms. The van der Waals surface area contributed by atoms with Gasteiger partial charge in [0.25, 0.3) is 11.5 Å². The number of thiophene rings is 1. The molecule has 0 spiro atoms. The molecule has 0 saturated heterocycles. The number of carbonyl (C=O) groups is 1. The highest BCUT2D eigenvalue weighted by molar-refractivity contribution is 7.11. The normalized spacial score (nSPS) is 15.9. The predicted octanol–water partition coefficient (Wildman–Crippen LogP) is 3.48. The number of para-hydroxylation sites is 1. The number of benzene rings is 1. The van der Waals surface area contributed by atoms with Crippen molar-refractivity contribution in [1.29, 1.82) is 0 Å². The van der Waals surface area contributed by atoms with Crippen LogP contribution in [0, 0.1) is 6.92 Å². The molecule has 2 aromatic heterocycles. The van der Waals surface area contributed by atoms with Crippen molar-refractivity contribution in [3.8, 4) is 5.75 Å². The van der Waals surface area contributed by atoms with Gasteiger partial charge in [-0.05, 0) is 56.8 Å². The minimum absolute atomic E-state index is 0.111. The Morgan fingerprint density at radius 1 is 1.21 bits per heavy atom. The molecule has 1 aliphatic rings. The Morgan fingerprint density at radius 2 is 1.94 bits per heavy atom. The molecule has 1 aliphatic heterocycles. The predicted molar refractivity (Wildman–Crippen MR) is 134 cm³/mol. The van der Waals surface area contributed by atoms with Crippen LogP contribution in [0.5, 0.6) is 5.75 Å². The molecule has 1 aromatic carbocycles. The number of carbonyl (C=O) groups excluding carboxylic acids is 1. The molecule has 3 heterocycles. The fourth-order valence-electron chi connectivity index (χ4n) is 4.11. The summed E-state index contributed by atoms with van der Waals surface area (Å²) in [7, 11) is 1.60. The van der Waals surface area contributed by atoms with Crippen molar-refractivity contribution in [2.45, 2.75) is 33.7 Å². The SMILES string of the molecule is CCN(CC)C(=O)C1=C(C)N=c2s/c(=C/c3sccc3C)c(=O)n2[C@H]1c1ccccc1OC. The van der Waals surface area contributed by atoms with Gasteiger partial charge in [-0.1, -0.05) is 29.5 Å². The number of nitrogens with zero attached hydrogens (tertiary/aromatic N) is 3. The van der Waals surface area contributed by atoms with Gasteiger partial charge in [-0.15, -0.1) is 11.3 Å². The van der Waals surface area contributed by atoms with Crippen LogP contribution in [0.4, 0.5) is 0 Å². The van der Waals surface area contributed by atoms with Gasteiger partial charge < -0.3 is 9.64 Å². The molecule has 172 valence electrons. The lowest BCUT2D eigenvalue weighted by Crippen LogP contribution is -2.43. The van der Waals surface area contributed by atoms with E-state index in [0.717, 1.165) is 16.0 Å². The molecule has 0 fully saturated rings. The van der Waals surface area contributed by atoms with Gasteiger partial charge >= 0.3 is 0 Å². The fraction of sp³-hybridized carbons (Fsp3) is 0.320. The van der Waals surface area contributed by atoms with E-state index in [-0.39, 0.29) is 11.5 Å². The first-order valence-electron chi connectivity index (χ1n) is 10.9. The average molecular weight is 482 g/mol. The number of ether oxygens (including phenoxy) is 1. The number of hydrogen-bond acceptors (Lipinski definition) is 6. The quantitative estimate of drug-likeness (QED) is 0.542. The maximum Gasteiger partial charge on any atom is 0.271 e. The van der Waals surface area contributed by atoms with Crippen LogP contribution >= 0.6 is 22.7 Å². The van der Waals surface area contributed by atoms with Crippen LogP contribution in [0.3, 0.4) is 0 Å². The number of hydrogen-bond donors (Lipinski definition) is 0. The molecule has 0 N–H and O–H groups in total. The van der Waals surface area contributed by atoms with Gasteiger partial charge in [0.2, 0.25) is 0 Å². The number of amides is 1. The highest BCUT2D eigenvalue weighted by Crippen LogP contribution is 2.36. The van der Waals surface area contributed by atoms with E-state index in [0.29, 0.717) is 39.4 Å². The van der Waals surface area contributed by atoms with E-state index in [2.05, 4.69) is 0 Å². The Hall–Kier alpha value is -2.97.